The van der Waals surface area contributed by atoms with Gasteiger partial charge in [-0.2, -0.15) is 4.98 Å². The molecule has 2 aromatic carbocycles. The van der Waals surface area contributed by atoms with Crippen LogP contribution in [-0.4, -0.2) is 15.1 Å². The highest BCUT2D eigenvalue weighted by molar-refractivity contribution is 5.86. The minimum absolute atomic E-state index is 0.0166. The molecule has 0 spiro atoms. The number of H-pyrrole nitrogens is 1. The van der Waals surface area contributed by atoms with Gasteiger partial charge in [-0.15, -0.1) is 0 Å². The van der Waals surface area contributed by atoms with Gasteiger partial charge in [-0.3, -0.25) is 4.98 Å². The normalized spacial score (nSPS) is 15.8. The number of hydrogen-bond donors (Lipinski definition) is 2. The molecule has 0 aliphatic carbocycles. The number of nitrogens with zero attached hydrogens (tertiary/aromatic N) is 1. The molecule has 0 saturated heterocycles. The minimum Gasteiger partial charge on any atom is -0.508 e. The van der Waals surface area contributed by atoms with E-state index in [1.54, 1.807) is 30.3 Å². The Morgan fingerprint density at radius 2 is 1.89 bits per heavy atom. The number of aromatic hydroxyl groups is 1. The summed E-state index contributed by atoms with van der Waals surface area (Å²) < 4.78 is 17.2. The standard InChI is InChI=1S/C20H10N2O6/c23-8-5-6-12-10(7-8)13-14-16(9-3-1-2-4-11(9)27-19(14)24)28-18-15(13)17(26-12)21-20(25)22-18/h1-7,13,23H,(H,21,22,25). The summed E-state index contributed by atoms with van der Waals surface area (Å²) >= 11 is 0. The van der Waals surface area contributed by atoms with Crippen molar-refractivity contribution in [3.05, 3.63) is 80.1 Å². The van der Waals surface area contributed by atoms with Gasteiger partial charge in [-0.25, -0.2) is 9.59 Å². The lowest BCUT2D eigenvalue weighted by Crippen LogP contribution is -2.27. The van der Waals surface area contributed by atoms with Gasteiger partial charge in [0.2, 0.25) is 11.8 Å². The average molecular weight is 374 g/mol. The van der Waals surface area contributed by atoms with Gasteiger partial charge in [0.25, 0.3) is 0 Å². The lowest BCUT2D eigenvalue weighted by Gasteiger charge is -2.32. The summed E-state index contributed by atoms with van der Waals surface area (Å²) in [6.45, 7) is 0. The maximum absolute atomic E-state index is 12.9. The van der Waals surface area contributed by atoms with E-state index in [0.717, 1.165) is 0 Å². The number of aromatic amines is 1. The van der Waals surface area contributed by atoms with Crippen molar-refractivity contribution < 1.29 is 19.0 Å². The Kier molecular flexibility index (Phi) is 2.69. The molecular formula is C20H10N2O6. The van der Waals surface area contributed by atoms with Crippen molar-refractivity contribution in [3.8, 4) is 29.0 Å². The molecule has 0 saturated carbocycles. The molecule has 1 atom stereocenters. The number of ether oxygens (including phenoxy) is 2. The predicted molar refractivity (Wildman–Crippen MR) is 96.5 cm³/mol. The summed E-state index contributed by atoms with van der Waals surface area (Å²) in [7, 11) is 0. The molecule has 8 nitrogen and oxygen atoms in total. The number of aromatic nitrogens is 2. The lowest BCUT2D eigenvalue weighted by atomic mass is 9.82. The topological polar surface area (TPSA) is 115 Å². The largest absolute Gasteiger partial charge is 0.508 e. The van der Waals surface area contributed by atoms with Crippen LogP contribution >= 0.6 is 0 Å². The third kappa shape index (κ3) is 1.86. The second-order valence-electron chi connectivity index (χ2n) is 6.58. The van der Waals surface area contributed by atoms with Crippen molar-refractivity contribution >= 4 is 11.0 Å². The van der Waals surface area contributed by atoms with Crippen molar-refractivity contribution in [1.29, 1.82) is 0 Å². The van der Waals surface area contributed by atoms with Gasteiger partial charge in [0, 0.05) is 5.56 Å². The molecular weight excluding hydrogens is 364 g/mol. The van der Waals surface area contributed by atoms with Crippen LogP contribution in [0.15, 0.2) is 56.5 Å². The number of benzene rings is 2. The Hall–Kier alpha value is -4.07. The van der Waals surface area contributed by atoms with E-state index in [1.165, 1.54) is 12.1 Å². The highest BCUT2D eigenvalue weighted by Crippen LogP contribution is 2.55. The molecule has 1 unspecified atom stereocenters. The van der Waals surface area contributed by atoms with Crippen LogP contribution in [0.5, 0.6) is 29.0 Å². The Balaban J connectivity index is 1.79. The molecule has 2 N–H and O–H groups in total. The predicted octanol–water partition coefficient (Wildman–Crippen LogP) is 2.97. The van der Waals surface area contributed by atoms with Crippen LogP contribution in [0.25, 0.3) is 11.0 Å². The van der Waals surface area contributed by atoms with Crippen molar-refractivity contribution in [2.45, 2.75) is 5.92 Å². The highest BCUT2D eigenvalue weighted by Gasteiger charge is 2.42. The number of fused-ring (bicyclic) bond motifs is 6. The van der Waals surface area contributed by atoms with E-state index in [2.05, 4.69) is 9.97 Å². The molecule has 2 aliphatic heterocycles. The van der Waals surface area contributed by atoms with E-state index in [9.17, 15) is 14.7 Å². The Bertz CT molecular complexity index is 1440. The van der Waals surface area contributed by atoms with Crippen LogP contribution in [0.2, 0.25) is 0 Å². The third-order valence-corrected chi connectivity index (χ3v) is 4.99. The van der Waals surface area contributed by atoms with Gasteiger partial charge in [-0.1, -0.05) is 12.1 Å². The SMILES string of the molecule is O=c1nc2c3c([nH]1)Oc1ccc(O)cc1C3c1c(c3ccccc3oc1=O)O2. The van der Waals surface area contributed by atoms with Crippen LogP contribution in [-0.2, 0) is 0 Å². The smallest absolute Gasteiger partial charge is 0.351 e. The molecule has 4 aromatic rings. The summed E-state index contributed by atoms with van der Waals surface area (Å²) in [5.74, 6) is 0.239. The lowest BCUT2D eigenvalue weighted by molar-refractivity contribution is 0.375. The van der Waals surface area contributed by atoms with Crippen molar-refractivity contribution in [2.75, 3.05) is 0 Å². The first kappa shape index (κ1) is 15.0. The van der Waals surface area contributed by atoms with Crippen LogP contribution < -0.4 is 20.8 Å². The maximum Gasteiger partial charge on any atom is 0.351 e. The fourth-order valence-electron chi connectivity index (χ4n) is 3.87. The average Bonchev–Trinajstić information content (AvgIpc) is 2.67. The molecule has 4 heterocycles. The van der Waals surface area contributed by atoms with Crippen molar-refractivity contribution in [1.82, 2.24) is 9.97 Å². The van der Waals surface area contributed by atoms with E-state index in [4.69, 9.17) is 13.9 Å². The zero-order valence-electron chi connectivity index (χ0n) is 14.1. The third-order valence-electron chi connectivity index (χ3n) is 4.99. The number of phenolic OH excluding ortho intramolecular Hbond substituents is 1. The van der Waals surface area contributed by atoms with E-state index in [0.29, 0.717) is 27.8 Å². The summed E-state index contributed by atoms with van der Waals surface area (Å²) in [6, 6.07) is 11.5. The van der Waals surface area contributed by atoms with Gasteiger partial charge in [0.05, 0.1) is 22.4 Å². The fraction of sp³-hybridized carbons (Fsp3) is 0.0500. The molecule has 0 bridgehead atoms. The van der Waals surface area contributed by atoms with Crippen LogP contribution in [0.4, 0.5) is 0 Å². The number of nitrogens with one attached hydrogen (secondary N) is 1. The Labute approximate surface area is 155 Å². The molecule has 28 heavy (non-hydrogen) atoms. The van der Waals surface area contributed by atoms with Crippen molar-refractivity contribution in [2.24, 2.45) is 0 Å². The first-order chi connectivity index (χ1) is 13.6. The van der Waals surface area contributed by atoms with E-state index >= 15 is 0 Å². The highest BCUT2D eigenvalue weighted by atomic mass is 16.5. The molecule has 136 valence electrons. The monoisotopic (exact) mass is 374 g/mol. The number of phenols is 1. The summed E-state index contributed by atoms with van der Waals surface area (Å²) in [5, 5.41) is 10.6. The van der Waals surface area contributed by atoms with E-state index < -0.39 is 17.2 Å². The molecule has 2 aliphatic rings. The summed E-state index contributed by atoms with van der Waals surface area (Å²) in [5.41, 5.74) is 0.380. The zero-order chi connectivity index (χ0) is 19.0. The van der Waals surface area contributed by atoms with Gasteiger partial charge in [-0.05, 0) is 30.3 Å². The summed E-state index contributed by atoms with van der Waals surface area (Å²) in [4.78, 5) is 31.4. The first-order valence-electron chi connectivity index (χ1n) is 8.49. The number of para-hydroxylation sites is 1. The van der Waals surface area contributed by atoms with Crippen molar-refractivity contribution in [3.63, 3.8) is 0 Å². The second-order valence-corrected chi connectivity index (χ2v) is 6.58. The fourth-order valence-corrected chi connectivity index (χ4v) is 3.87. The summed E-state index contributed by atoms with van der Waals surface area (Å²) in [6.07, 6.45) is 0. The maximum atomic E-state index is 12.9. The number of rotatable bonds is 0. The molecule has 0 radical (unpaired) electrons. The van der Waals surface area contributed by atoms with E-state index in [-0.39, 0.29) is 28.8 Å². The van der Waals surface area contributed by atoms with Crippen LogP contribution in [0.3, 0.4) is 0 Å². The Morgan fingerprint density at radius 3 is 2.79 bits per heavy atom. The Morgan fingerprint density at radius 1 is 1.04 bits per heavy atom. The molecule has 0 amide bonds. The minimum atomic E-state index is -0.671. The molecule has 8 heteroatoms. The number of hydrogen-bond acceptors (Lipinski definition) is 7. The zero-order valence-corrected chi connectivity index (χ0v) is 14.1. The van der Waals surface area contributed by atoms with Gasteiger partial charge >= 0.3 is 11.3 Å². The quantitative estimate of drug-likeness (QED) is 0.393. The molecule has 2 aromatic heterocycles. The first-order valence-corrected chi connectivity index (χ1v) is 8.49. The molecule has 6 rings (SSSR count). The molecule has 0 fully saturated rings. The van der Waals surface area contributed by atoms with Gasteiger partial charge in [0.1, 0.15) is 17.1 Å². The van der Waals surface area contributed by atoms with Crippen LogP contribution in [0, 0.1) is 0 Å². The van der Waals surface area contributed by atoms with Crippen LogP contribution in [0.1, 0.15) is 22.6 Å². The van der Waals surface area contributed by atoms with Gasteiger partial charge < -0.3 is 19.0 Å². The van der Waals surface area contributed by atoms with Gasteiger partial charge in [0.15, 0.2) is 5.75 Å². The van der Waals surface area contributed by atoms with E-state index in [1.807, 2.05) is 0 Å². The second kappa shape index (κ2) is 5.01.